The third-order valence-corrected chi connectivity index (χ3v) is 5.94. The first-order valence-electron chi connectivity index (χ1n) is 11.3. The predicted molar refractivity (Wildman–Crippen MR) is 135 cm³/mol. The summed E-state index contributed by atoms with van der Waals surface area (Å²) in [6.07, 6.45) is 0. The van der Waals surface area contributed by atoms with E-state index in [2.05, 4.69) is 0 Å². The summed E-state index contributed by atoms with van der Waals surface area (Å²) in [7, 11) is 4.59. The van der Waals surface area contributed by atoms with E-state index in [4.69, 9.17) is 18.9 Å². The Balaban J connectivity index is 1.95. The van der Waals surface area contributed by atoms with Crippen LogP contribution in [0.25, 0.3) is 5.76 Å². The smallest absolute Gasteiger partial charge is 0.300 e. The molecule has 1 amide bonds. The molecule has 1 saturated heterocycles. The van der Waals surface area contributed by atoms with Gasteiger partial charge in [-0.2, -0.15) is 0 Å². The Morgan fingerprint density at radius 1 is 0.861 bits per heavy atom. The summed E-state index contributed by atoms with van der Waals surface area (Å²) in [5.41, 5.74) is 1.35. The van der Waals surface area contributed by atoms with E-state index in [0.717, 1.165) is 0 Å². The molecule has 1 heterocycles. The van der Waals surface area contributed by atoms with E-state index in [1.54, 1.807) is 66.7 Å². The van der Waals surface area contributed by atoms with Crippen LogP contribution >= 0.6 is 0 Å². The molecule has 8 nitrogen and oxygen atoms in total. The minimum Gasteiger partial charge on any atom is -0.507 e. The lowest BCUT2D eigenvalue weighted by Crippen LogP contribution is -2.29. The molecule has 1 atom stereocenters. The maximum absolute atomic E-state index is 13.4. The van der Waals surface area contributed by atoms with E-state index in [1.807, 2.05) is 6.92 Å². The Morgan fingerprint density at radius 2 is 1.58 bits per heavy atom. The Hall–Kier alpha value is -4.46. The van der Waals surface area contributed by atoms with Gasteiger partial charge in [0.05, 0.1) is 39.6 Å². The summed E-state index contributed by atoms with van der Waals surface area (Å²) in [5, 5.41) is 11.3. The fourth-order valence-electron chi connectivity index (χ4n) is 4.21. The molecule has 3 aromatic carbocycles. The highest BCUT2D eigenvalue weighted by Gasteiger charge is 2.47. The highest BCUT2D eigenvalue weighted by Crippen LogP contribution is 2.44. The average molecular weight is 490 g/mol. The standard InChI is InChI=1S/C28H27NO7/c1-5-36-23-15-18(11-14-22(23)35-4)25-24(26(30)17-9-12-20(33-2)13-10-17)27(31)28(32)29(25)19-7-6-8-21(16-19)34-3/h6-16,25,30H,5H2,1-4H3/b26-24-. The molecular weight excluding hydrogens is 462 g/mol. The van der Waals surface area contributed by atoms with E-state index in [9.17, 15) is 14.7 Å². The number of methoxy groups -OCH3 is 3. The molecule has 3 aromatic rings. The normalized spacial score (nSPS) is 16.7. The summed E-state index contributed by atoms with van der Waals surface area (Å²) in [5.74, 6) is 0.221. The molecule has 0 radical (unpaired) electrons. The van der Waals surface area contributed by atoms with Crippen molar-refractivity contribution in [3.63, 3.8) is 0 Å². The Morgan fingerprint density at radius 3 is 2.22 bits per heavy atom. The number of ether oxygens (including phenoxy) is 4. The lowest BCUT2D eigenvalue weighted by Gasteiger charge is -2.26. The van der Waals surface area contributed by atoms with Crippen molar-refractivity contribution in [1.82, 2.24) is 0 Å². The molecule has 1 N–H and O–H groups in total. The average Bonchev–Trinajstić information content (AvgIpc) is 3.18. The fraction of sp³-hybridized carbons (Fsp3) is 0.214. The SMILES string of the molecule is CCOc1cc(C2/C(=C(/O)c3ccc(OC)cc3)C(=O)C(=O)N2c2cccc(OC)c2)ccc1OC. The summed E-state index contributed by atoms with van der Waals surface area (Å²) in [4.78, 5) is 28.1. The number of nitrogens with zero attached hydrogens (tertiary/aromatic N) is 1. The molecule has 36 heavy (non-hydrogen) atoms. The number of ketones is 1. The van der Waals surface area contributed by atoms with Crippen molar-refractivity contribution in [3.05, 3.63) is 83.4 Å². The zero-order valence-corrected chi connectivity index (χ0v) is 20.5. The van der Waals surface area contributed by atoms with E-state index in [-0.39, 0.29) is 11.3 Å². The molecule has 0 saturated carbocycles. The third kappa shape index (κ3) is 4.45. The number of benzene rings is 3. The highest BCUT2D eigenvalue weighted by atomic mass is 16.5. The van der Waals surface area contributed by atoms with Gasteiger partial charge in [-0.15, -0.1) is 0 Å². The van der Waals surface area contributed by atoms with Gasteiger partial charge in [0, 0.05) is 17.3 Å². The van der Waals surface area contributed by atoms with Crippen LogP contribution in [0, 0.1) is 0 Å². The number of carbonyl (C=O) groups excluding carboxylic acids is 2. The molecule has 0 spiro atoms. The van der Waals surface area contributed by atoms with Crippen LogP contribution < -0.4 is 23.8 Å². The Kier molecular flexibility index (Phi) is 7.15. The van der Waals surface area contributed by atoms with E-state index in [1.165, 1.54) is 26.2 Å². The van der Waals surface area contributed by atoms with Crippen LogP contribution in [0.3, 0.4) is 0 Å². The molecule has 0 bridgehead atoms. The number of aliphatic hydroxyl groups is 1. The molecule has 0 aliphatic carbocycles. The Labute approximate surface area is 209 Å². The summed E-state index contributed by atoms with van der Waals surface area (Å²) in [6.45, 7) is 2.24. The van der Waals surface area contributed by atoms with Crippen LogP contribution in [0.2, 0.25) is 0 Å². The monoisotopic (exact) mass is 489 g/mol. The number of hydrogen-bond acceptors (Lipinski definition) is 7. The van der Waals surface area contributed by atoms with Gasteiger partial charge in [-0.3, -0.25) is 14.5 Å². The van der Waals surface area contributed by atoms with Crippen LogP contribution in [-0.2, 0) is 9.59 Å². The van der Waals surface area contributed by atoms with Crippen molar-refractivity contribution in [2.24, 2.45) is 0 Å². The molecule has 4 rings (SSSR count). The van der Waals surface area contributed by atoms with E-state index >= 15 is 0 Å². The molecule has 1 fully saturated rings. The molecule has 8 heteroatoms. The predicted octanol–water partition coefficient (Wildman–Crippen LogP) is 4.74. The largest absolute Gasteiger partial charge is 0.507 e. The van der Waals surface area contributed by atoms with Gasteiger partial charge in [0.2, 0.25) is 0 Å². The van der Waals surface area contributed by atoms with Gasteiger partial charge in [-0.25, -0.2) is 0 Å². The van der Waals surface area contributed by atoms with Crippen LogP contribution in [0.1, 0.15) is 24.1 Å². The first-order valence-corrected chi connectivity index (χ1v) is 11.3. The van der Waals surface area contributed by atoms with Crippen molar-refractivity contribution in [2.75, 3.05) is 32.8 Å². The lowest BCUT2D eigenvalue weighted by molar-refractivity contribution is -0.132. The first-order chi connectivity index (χ1) is 17.4. The maximum Gasteiger partial charge on any atom is 0.300 e. The van der Waals surface area contributed by atoms with Crippen molar-refractivity contribution in [2.45, 2.75) is 13.0 Å². The molecular formula is C28H27NO7. The van der Waals surface area contributed by atoms with E-state index in [0.29, 0.717) is 46.4 Å². The van der Waals surface area contributed by atoms with Crippen molar-refractivity contribution in [3.8, 4) is 23.0 Å². The van der Waals surface area contributed by atoms with Crippen LogP contribution in [0.15, 0.2) is 72.3 Å². The fourth-order valence-corrected chi connectivity index (χ4v) is 4.21. The summed E-state index contributed by atoms with van der Waals surface area (Å²) in [6, 6.07) is 17.7. The van der Waals surface area contributed by atoms with Gasteiger partial charge < -0.3 is 24.1 Å². The number of hydrogen-bond donors (Lipinski definition) is 1. The zero-order chi connectivity index (χ0) is 25.8. The van der Waals surface area contributed by atoms with Crippen LogP contribution in [0.5, 0.6) is 23.0 Å². The van der Waals surface area contributed by atoms with Gasteiger partial charge in [0.15, 0.2) is 11.5 Å². The van der Waals surface area contributed by atoms with Crippen LogP contribution in [-0.4, -0.2) is 44.7 Å². The number of anilines is 1. The van der Waals surface area contributed by atoms with Gasteiger partial charge in [-0.05, 0) is 61.0 Å². The number of amides is 1. The number of aliphatic hydroxyl groups excluding tert-OH is 1. The molecule has 1 aliphatic rings. The third-order valence-electron chi connectivity index (χ3n) is 5.94. The van der Waals surface area contributed by atoms with Gasteiger partial charge in [0.1, 0.15) is 17.3 Å². The quantitative estimate of drug-likeness (QED) is 0.278. The summed E-state index contributed by atoms with van der Waals surface area (Å²) >= 11 is 0. The second kappa shape index (κ2) is 10.4. The molecule has 186 valence electrons. The van der Waals surface area contributed by atoms with Crippen molar-refractivity contribution in [1.29, 1.82) is 0 Å². The first kappa shape index (κ1) is 24.7. The Bertz CT molecular complexity index is 1310. The molecule has 1 unspecified atom stereocenters. The summed E-state index contributed by atoms with van der Waals surface area (Å²) < 4.78 is 21.7. The van der Waals surface area contributed by atoms with Crippen LogP contribution in [0.4, 0.5) is 5.69 Å². The van der Waals surface area contributed by atoms with E-state index < -0.39 is 17.7 Å². The van der Waals surface area contributed by atoms with Crippen molar-refractivity contribution >= 4 is 23.1 Å². The number of rotatable bonds is 8. The minimum atomic E-state index is -0.927. The maximum atomic E-state index is 13.4. The van der Waals surface area contributed by atoms with Gasteiger partial charge in [-0.1, -0.05) is 12.1 Å². The lowest BCUT2D eigenvalue weighted by atomic mass is 9.94. The second-order valence-corrected chi connectivity index (χ2v) is 7.94. The second-order valence-electron chi connectivity index (χ2n) is 7.94. The van der Waals surface area contributed by atoms with Gasteiger partial charge in [0.25, 0.3) is 11.7 Å². The topological polar surface area (TPSA) is 94.5 Å². The molecule has 0 aromatic heterocycles. The number of Topliss-reactive ketones (excluding diaryl/α,β-unsaturated/α-hetero) is 1. The minimum absolute atomic E-state index is 0.0411. The number of carbonyl (C=O) groups is 2. The van der Waals surface area contributed by atoms with Crippen molar-refractivity contribution < 1.29 is 33.6 Å². The van der Waals surface area contributed by atoms with Gasteiger partial charge >= 0.3 is 0 Å². The molecule has 1 aliphatic heterocycles. The highest BCUT2D eigenvalue weighted by molar-refractivity contribution is 6.51. The zero-order valence-electron chi connectivity index (χ0n) is 20.5.